The molecule has 0 bridgehead atoms. The zero-order chi connectivity index (χ0) is 14.5. The molecule has 0 saturated heterocycles. The Balaban J connectivity index is 1.96. The molecule has 0 radical (unpaired) electrons. The van der Waals surface area contributed by atoms with Crippen molar-refractivity contribution in [3.05, 3.63) is 47.5 Å². The van der Waals surface area contributed by atoms with Crippen molar-refractivity contribution >= 4 is 17.6 Å². The van der Waals surface area contributed by atoms with E-state index in [9.17, 15) is 9.59 Å². The maximum absolute atomic E-state index is 11.8. The summed E-state index contributed by atoms with van der Waals surface area (Å²) in [5.41, 5.74) is 2.00. The van der Waals surface area contributed by atoms with E-state index in [-0.39, 0.29) is 18.0 Å². The number of aromatic nitrogens is 2. The topological polar surface area (TPSA) is 95.1 Å². The van der Waals surface area contributed by atoms with Crippen LogP contribution in [-0.2, 0) is 11.2 Å². The summed E-state index contributed by atoms with van der Waals surface area (Å²) in [6.45, 7) is 1.74. The molecule has 2 rings (SSSR count). The second-order valence-corrected chi connectivity index (χ2v) is 4.45. The fraction of sp³-hybridized carbons (Fsp3) is 0.214. The molecule has 2 aromatic heterocycles. The minimum absolute atomic E-state index is 0.000221. The van der Waals surface area contributed by atoms with Gasteiger partial charge >= 0.3 is 5.97 Å². The summed E-state index contributed by atoms with van der Waals surface area (Å²) in [5.74, 6) is -1.31. The van der Waals surface area contributed by atoms with Crippen LogP contribution in [0.15, 0.2) is 30.6 Å². The molecule has 0 atom stereocenters. The van der Waals surface area contributed by atoms with E-state index in [1.165, 1.54) is 0 Å². The van der Waals surface area contributed by atoms with E-state index in [0.29, 0.717) is 17.8 Å². The number of carbonyl (C=O) groups is 2. The maximum atomic E-state index is 11.8. The first-order valence-corrected chi connectivity index (χ1v) is 6.18. The lowest BCUT2D eigenvalue weighted by Crippen LogP contribution is -2.14. The summed E-state index contributed by atoms with van der Waals surface area (Å²) >= 11 is 0. The molecular weight excluding hydrogens is 258 g/mol. The summed E-state index contributed by atoms with van der Waals surface area (Å²) < 4.78 is 0. The number of carboxylic acids is 1. The summed E-state index contributed by atoms with van der Waals surface area (Å²) in [6, 6.07) is 5.29. The molecule has 1 amide bonds. The lowest BCUT2D eigenvalue weighted by molar-refractivity contribution is -0.116. The molecule has 6 heteroatoms. The van der Waals surface area contributed by atoms with Gasteiger partial charge in [-0.25, -0.2) is 4.79 Å². The van der Waals surface area contributed by atoms with Crippen LogP contribution in [0, 0.1) is 6.92 Å². The van der Waals surface area contributed by atoms with Crippen molar-refractivity contribution in [1.29, 1.82) is 0 Å². The molecule has 0 aliphatic carbocycles. The predicted octanol–water partition coefficient (Wildman–Crippen LogP) is 1.99. The number of H-pyrrole nitrogens is 1. The van der Waals surface area contributed by atoms with Gasteiger partial charge in [-0.05, 0) is 37.1 Å². The minimum atomic E-state index is -1.09. The summed E-state index contributed by atoms with van der Waals surface area (Å²) in [5, 5.41) is 11.6. The van der Waals surface area contributed by atoms with E-state index >= 15 is 0 Å². The highest BCUT2D eigenvalue weighted by atomic mass is 16.4. The molecule has 0 aliphatic rings. The smallest absolute Gasteiger partial charge is 0.354 e. The van der Waals surface area contributed by atoms with E-state index in [0.717, 1.165) is 5.56 Å². The summed E-state index contributed by atoms with van der Waals surface area (Å²) in [6.07, 6.45) is 4.21. The van der Waals surface area contributed by atoms with Crippen molar-refractivity contribution in [2.75, 3.05) is 5.32 Å². The van der Waals surface area contributed by atoms with Crippen LogP contribution in [0.3, 0.4) is 0 Å². The monoisotopic (exact) mass is 273 g/mol. The van der Waals surface area contributed by atoms with Gasteiger partial charge in [-0.15, -0.1) is 0 Å². The fourth-order valence-electron chi connectivity index (χ4n) is 1.88. The second kappa shape index (κ2) is 6.01. The van der Waals surface area contributed by atoms with Crippen molar-refractivity contribution in [1.82, 2.24) is 9.97 Å². The standard InChI is InChI=1S/C14H15N3O3/c1-9-8-11(13(16-9)14(19)20)17-12(18)3-2-10-4-6-15-7-5-10/h4-8,16H,2-3H2,1H3,(H,17,18)(H,19,20). The Hall–Kier alpha value is -2.63. The predicted molar refractivity (Wildman–Crippen MR) is 73.7 cm³/mol. The van der Waals surface area contributed by atoms with Crippen LogP contribution < -0.4 is 5.32 Å². The molecule has 0 aliphatic heterocycles. The van der Waals surface area contributed by atoms with Crippen molar-refractivity contribution in [2.24, 2.45) is 0 Å². The average molecular weight is 273 g/mol. The van der Waals surface area contributed by atoms with Crippen LogP contribution in [0.2, 0.25) is 0 Å². The Morgan fingerprint density at radius 3 is 2.70 bits per heavy atom. The first kappa shape index (κ1) is 13.8. The van der Waals surface area contributed by atoms with Crippen LogP contribution in [0.1, 0.15) is 28.2 Å². The first-order chi connectivity index (χ1) is 9.56. The SMILES string of the molecule is Cc1cc(NC(=O)CCc2ccncc2)c(C(=O)O)[nH]1. The van der Waals surface area contributed by atoms with E-state index < -0.39 is 5.97 Å². The molecule has 20 heavy (non-hydrogen) atoms. The third kappa shape index (κ3) is 3.44. The highest BCUT2D eigenvalue weighted by Gasteiger charge is 2.15. The van der Waals surface area contributed by atoms with Crippen LogP contribution in [0.25, 0.3) is 0 Å². The van der Waals surface area contributed by atoms with Crippen molar-refractivity contribution < 1.29 is 14.7 Å². The quantitative estimate of drug-likeness (QED) is 0.776. The van der Waals surface area contributed by atoms with E-state index in [1.807, 2.05) is 12.1 Å². The number of pyridine rings is 1. The van der Waals surface area contributed by atoms with E-state index in [1.54, 1.807) is 25.4 Å². The van der Waals surface area contributed by atoms with Gasteiger partial charge in [0, 0.05) is 24.5 Å². The number of carbonyl (C=O) groups excluding carboxylic acids is 1. The Morgan fingerprint density at radius 1 is 1.35 bits per heavy atom. The first-order valence-electron chi connectivity index (χ1n) is 6.18. The molecule has 0 unspecified atom stereocenters. The van der Waals surface area contributed by atoms with Crippen molar-refractivity contribution in [3.63, 3.8) is 0 Å². The van der Waals surface area contributed by atoms with E-state index in [2.05, 4.69) is 15.3 Å². The second-order valence-electron chi connectivity index (χ2n) is 4.45. The fourth-order valence-corrected chi connectivity index (χ4v) is 1.88. The molecule has 2 aromatic rings. The number of aryl methyl sites for hydroxylation is 2. The number of aromatic carboxylic acids is 1. The molecular formula is C14H15N3O3. The van der Waals surface area contributed by atoms with Gasteiger partial charge in [-0.1, -0.05) is 0 Å². The number of anilines is 1. The van der Waals surface area contributed by atoms with Gasteiger partial charge in [0.25, 0.3) is 0 Å². The van der Waals surface area contributed by atoms with Gasteiger partial charge in [0.1, 0.15) is 5.69 Å². The third-order valence-corrected chi connectivity index (χ3v) is 2.83. The third-order valence-electron chi connectivity index (χ3n) is 2.83. The highest BCUT2D eigenvalue weighted by molar-refractivity contribution is 5.99. The molecule has 6 nitrogen and oxygen atoms in total. The Morgan fingerprint density at radius 2 is 2.05 bits per heavy atom. The Labute approximate surface area is 115 Å². The number of hydrogen-bond donors (Lipinski definition) is 3. The van der Waals surface area contributed by atoms with Gasteiger partial charge in [0.2, 0.25) is 5.91 Å². The van der Waals surface area contributed by atoms with Crippen LogP contribution in [-0.4, -0.2) is 27.0 Å². The molecule has 0 saturated carbocycles. The van der Waals surface area contributed by atoms with Gasteiger partial charge in [0.05, 0.1) is 5.69 Å². The molecule has 0 aromatic carbocycles. The van der Waals surface area contributed by atoms with Crippen LogP contribution in [0.4, 0.5) is 5.69 Å². The van der Waals surface area contributed by atoms with Gasteiger partial charge < -0.3 is 15.4 Å². The zero-order valence-corrected chi connectivity index (χ0v) is 11.0. The number of aromatic amines is 1. The molecule has 3 N–H and O–H groups in total. The average Bonchev–Trinajstić information content (AvgIpc) is 2.79. The highest BCUT2D eigenvalue weighted by Crippen LogP contribution is 2.17. The lowest BCUT2D eigenvalue weighted by Gasteiger charge is -2.04. The number of amides is 1. The summed E-state index contributed by atoms with van der Waals surface area (Å²) in [4.78, 5) is 29.4. The molecule has 0 fully saturated rings. The Bertz CT molecular complexity index is 620. The Kier molecular flexibility index (Phi) is 4.14. The summed E-state index contributed by atoms with van der Waals surface area (Å²) in [7, 11) is 0. The molecule has 2 heterocycles. The van der Waals surface area contributed by atoms with Crippen LogP contribution >= 0.6 is 0 Å². The molecule has 0 spiro atoms. The lowest BCUT2D eigenvalue weighted by atomic mass is 10.1. The number of rotatable bonds is 5. The molecule has 104 valence electrons. The van der Waals surface area contributed by atoms with Gasteiger partial charge in [-0.2, -0.15) is 0 Å². The minimum Gasteiger partial charge on any atom is -0.477 e. The van der Waals surface area contributed by atoms with Gasteiger partial charge in [-0.3, -0.25) is 9.78 Å². The van der Waals surface area contributed by atoms with Crippen molar-refractivity contribution in [3.8, 4) is 0 Å². The van der Waals surface area contributed by atoms with Crippen molar-refractivity contribution in [2.45, 2.75) is 19.8 Å². The van der Waals surface area contributed by atoms with E-state index in [4.69, 9.17) is 5.11 Å². The van der Waals surface area contributed by atoms with Gasteiger partial charge in [0.15, 0.2) is 0 Å². The van der Waals surface area contributed by atoms with Crippen LogP contribution in [0.5, 0.6) is 0 Å². The number of hydrogen-bond acceptors (Lipinski definition) is 3. The zero-order valence-electron chi connectivity index (χ0n) is 11.0. The number of carboxylic acid groups (broad SMARTS) is 1. The number of nitrogens with zero attached hydrogens (tertiary/aromatic N) is 1. The maximum Gasteiger partial charge on any atom is 0.354 e. The number of nitrogens with one attached hydrogen (secondary N) is 2. The largest absolute Gasteiger partial charge is 0.477 e. The normalized spacial score (nSPS) is 10.2.